The van der Waals surface area contributed by atoms with E-state index in [4.69, 9.17) is 14.9 Å². The minimum atomic E-state index is -2.13. The fourth-order valence-electron chi connectivity index (χ4n) is 2.18. The summed E-state index contributed by atoms with van der Waals surface area (Å²) in [5.41, 5.74) is 0. The van der Waals surface area contributed by atoms with Gasteiger partial charge in [-0.25, -0.2) is 0 Å². The van der Waals surface area contributed by atoms with Crippen LogP contribution < -0.4 is 5.32 Å². The van der Waals surface area contributed by atoms with Crippen LogP contribution in [0.3, 0.4) is 0 Å². The van der Waals surface area contributed by atoms with E-state index >= 15 is 0 Å². The first kappa shape index (κ1) is 17.3. The molecule has 5 atom stereocenters. The summed E-state index contributed by atoms with van der Waals surface area (Å²) in [6, 6.07) is -0.903. The highest BCUT2D eigenvalue weighted by Crippen LogP contribution is 2.28. The molecule has 0 aromatic carbocycles. The van der Waals surface area contributed by atoms with E-state index in [1.165, 1.54) is 0 Å². The van der Waals surface area contributed by atoms with Crippen molar-refractivity contribution in [1.29, 1.82) is 0 Å². The number of rotatable bonds is 7. The second-order valence-electron chi connectivity index (χ2n) is 5.52. The van der Waals surface area contributed by atoms with Crippen LogP contribution in [0.4, 0.5) is 0 Å². The number of carboxylic acids is 1. The molecule has 1 aliphatic rings. The third kappa shape index (κ3) is 3.87. The number of nitrogens with one attached hydrogen (secondary N) is 1. The van der Waals surface area contributed by atoms with Crippen molar-refractivity contribution < 1.29 is 35.1 Å². The van der Waals surface area contributed by atoms with Crippen LogP contribution in [-0.4, -0.2) is 74.8 Å². The first-order valence-electron chi connectivity index (χ1n) is 6.54. The molecule has 0 aliphatic carbocycles. The van der Waals surface area contributed by atoms with Gasteiger partial charge in [0.2, 0.25) is 5.79 Å². The molecule has 6 N–H and O–H groups in total. The average molecular weight is 293 g/mol. The van der Waals surface area contributed by atoms with Crippen LogP contribution in [0, 0.1) is 5.92 Å². The van der Waals surface area contributed by atoms with Crippen LogP contribution in [0.2, 0.25) is 0 Å². The molecule has 0 saturated carbocycles. The molecule has 0 aromatic heterocycles. The lowest BCUT2D eigenvalue weighted by atomic mass is 10.0. The van der Waals surface area contributed by atoms with Crippen LogP contribution >= 0.6 is 0 Å². The minimum Gasteiger partial charge on any atom is -0.480 e. The van der Waals surface area contributed by atoms with E-state index < -0.39 is 42.7 Å². The third-order valence-corrected chi connectivity index (χ3v) is 3.31. The Bertz CT molecular complexity index is 338. The maximum atomic E-state index is 11.1. The predicted octanol–water partition coefficient (Wildman–Crippen LogP) is -2.12. The van der Waals surface area contributed by atoms with Crippen molar-refractivity contribution in [2.24, 2.45) is 5.92 Å². The molecule has 1 rings (SSSR count). The van der Waals surface area contributed by atoms with Crippen LogP contribution in [0.1, 0.15) is 20.3 Å². The lowest BCUT2D eigenvalue weighted by Gasteiger charge is -2.28. The standard InChI is InChI=1S/C12H23NO7/c1-6(2)3-7(11(17)18)13-5-12(19)10(16)9(15)8(4-14)20-12/h6-10,13-16,19H,3-5H2,1-2H3,(H,17,18). The Morgan fingerprint density at radius 2 is 2.00 bits per heavy atom. The first-order valence-corrected chi connectivity index (χ1v) is 6.54. The van der Waals surface area contributed by atoms with E-state index in [1.54, 1.807) is 0 Å². The van der Waals surface area contributed by atoms with E-state index in [9.17, 15) is 20.1 Å². The molecular weight excluding hydrogens is 270 g/mol. The lowest BCUT2D eigenvalue weighted by Crippen LogP contribution is -2.53. The molecule has 8 heteroatoms. The number of hydrogen-bond donors (Lipinski definition) is 6. The molecule has 0 amide bonds. The van der Waals surface area contributed by atoms with Crippen molar-refractivity contribution in [2.75, 3.05) is 13.2 Å². The van der Waals surface area contributed by atoms with Crippen molar-refractivity contribution >= 4 is 5.97 Å². The van der Waals surface area contributed by atoms with Gasteiger partial charge in [-0.1, -0.05) is 13.8 Å². The highest BCUT2D eigenvalue weighted by molar-refractivity contribution is 5.73. The number of carbonyl (C=O) groups is 1. The van der Waals surface area contributed by atoms with Crippen LogP contribution in [-0.2, 0) is 9.53 Å². The lowest BCUT2D eigenvalue weighted by molar-refractivity contribution is -0.227. The van der Waals surface area contributed by atoms with Gasteiger partial charge in [0.25, 0.3) is 0 Å². The molecule has 5 unspecified atom stereocenters. The number of aliphatic hydroxyl groups is 4. The molecule has 0 radical (unpaired) electrons. The van der Waals surface area contributed by atoms with Crippen molar-refractivity contribution in [3.05, 3.63) is 0 Å². The monoisotopic (exact) mass is 293 g/mol. The Hall–Kier alpha value is -0.770. The molecule has 1 fully saturated rings. The zero-order chi connectivity index (χ0) is 15.5. The summed E-state index contributed by atoms with van der Waals surface area (Å²) in [4.78, 5) is 11.1. The summed E-state index contributed by atoms with van der Waals surface area (Å²) >= 11 is 0. The molecule has 20 heavy (non-hydrogen) atoms. The summed E-state index contributed by atoms with van der Waals surface area (Å²) in [6.45, 7) is 2.79. The van der Waals surface area contributed by atoms with Crippen LogP contribution in [0.15, 0.2) is 0 Å². The topological polar surface area (TPSA) is 139 Å². The molecular formula is C12H23NO7. The van der Waals surface area contributed by atoms with E-state index in [2.05, 4.69) is 5.32 Å². The van der Waals surface area contributed by atoms with Gasteiger partial charge in [0.05, 0.1) is 13.2 Å². The average Bonchev–Trinajstić information content (AvgIpc) is 2.58. The largest absolute Gasteiger partial charge is 0.480 e. The van der Waals surface area contributed by atoms with Crippen LogP contribution in [0.25, 0.3) is 0 Å². The number of aliphatic carboxylic acids is 1. The number of aliphatic hydroxyl groups excluding tert-OH is 3. The SMILES string of the molecule is CC(C)CC(NCC1(O)OC(CO)C(O)C1O)C(=O)O. The van der Waals surface area contributed by atoms with E-state index in [0.717, 1.165) is 0 Å². The number of carboxylic acid groups (broad SMARTS) is 1. The summed E-state index contributed by atoms with van der Waals surface area (Å²) in [5.74, 6) is -3.07. The van der Waals surface area contributed by atoms with Crippen molar-refractivity contribution in [2.45, 2.75) is 50.4 Å². The molecule has 0 aromatic rings. The minimum absolute atomic E-state index is 0.128. The fraction of sp³-hybridized carbons (Fsp3) is 0.917. The second kappa shape index (κ2) is 6.79. The van der Waals surface area contributed by atoms with Gasteiger partial charge in [0, 0.05) is 0 Å². The van der Waals surface area contributed by atoms with Gasteiger partial charge in [-0.05, 0) is 12.3 Å². The van der Waals surface area contributed by atoms with Crippen molar-refractivity contribution in [3.63, 3.8) is 0 Å². The Balaban J connectivity index is 2.64. The van der Waals surface area contributed by atoms with E-state index in [-0.39, 0.29) is 12.5 Å². The highest BCUT2D eigenvalue weighted by Gasteiger charge is 2.53. The van der Waals surface area contributed by atoms with Gasteiger partial charge in [-0.15, -0.1) is 0 Å². The smallest absolute Gasteiger partial charge is 0.320 e. The molecule has 1 saturated heterocycles. The van der Waals surface area contributed by atoms with E-state index in [1.807, 2.05) is 13.8 Å². The number of ether oxygens (including phenoxy) is 1. The maximum Gasteiger partial charge on any atom is 0.320 e. The Morgan fingerprint density at radius 1 is 1.40 bits per heavy atom. The number of hydrogen-bond acceptors (Lipinski definition) is 7. The Labute approximate surface area is 117 Å². The third-order valence-electron chi connectivity index (χ3n) is 3.31. The van der Waals surface area contributed by atoms with Crippen molar-refractivity contribution in [3.8, 4) is 0 Å². The summed E-state index contributed by atoms with van der Waals surface area (Å²) < 4.78 is 5.01. The second-order valence-corrected chi connectivity index (χ2v) is 5.52. The summed E-state index contributed by atoms with van der Waals surface area (Å²) in [5, 5.41) is 50.0. The zero-order valence-electron chi connectivity index (χ0n) is 11.6. The molecule has 1 heterocycles. The van der Waals surface area contributed by atoms with Crippen LogP contribution in [0.5, 0.6) is 0 Å². The highest BCUT2D eigenvalue weighted by atomic mass is 16.7. The zero-order valence-corrected chi connectivity index (χ0v) is 11.6. The van der Waals surface area contributed by atoms with Crippen molar-refractivity contribution in [1.82, 2.24) is 5.32 Å². The van der Waals surface area contributed by atoms with Gasteiger partial charge < -0.3 is 30.3 Å². The van der Waals surface area contributed by atoms with Gasteiger partial charge in [-0.3, -0.25) is 10.1 Å². The molecule has 118 valence electrons. The molecule has 0 spiro atoms. The fourth-order valence-corrected chi connectivity index (χ4v) is 2.18. The summed E-state index contributed by atoms with van der Waals surface area (Å²) in [6.07, 6.45) is -3.82. The van der Waals surface area contributed by atoms with Gasteiger partial charge >= 0.3 is 5.97 Å². The maximum absolute atomic E-state index is 11.1. The molecule has 8 nitrogen and oxygen atoms in total. The Kier molecular flexibility index (Phi) is 5.87. The molecule has 1 aliphatic heterocycles. The first-order chi connectivity index (χ1) is 9.21. The Morgan fingerprint density at radius 3 is 2.40 bits per heavy atom. The quantitative estimate of drug-likeness (QED) is 0.313. The normalized spacial score (nSPS) is 35.5. The molecule has 0 bridgehead atoms. The predicted molar refractivity (Wildman–Crippen MR) is 67.8 cm³/mol. The van der Waals surface area contributed by atoms with E-state index in [0.29, 0.717) is 6.42 Å². The van der Waals surface area contributed by atoms with Gasteiger partial charge in [0.1, 0.15) is 24.4 Å². The summed E-state index contributed by atoms with van der Waals surface area (Å²) in [7, 11) is 0. The van der Waals surface area contributed by atoms with Gasteiger partial charge in [-0.2, -0.15) is 0 Å². The van der Waals surface area contributed by atoms with Gasteiger partial charge in [0.15, 0.2) is 0 Å².